The summed E-state index contributed by atoms with van der Waals surface area (Å²) in [5.41, 5.74) is 2.95. The van der Waals surface area contributed by atoms with Crippen LogP contribution in [-0.4, -0.2) is 35.6 Å². The van der Waals surface area contributed by atoms with Crippen molar-refractivity contribution in [2.75, 3.05) is 16.2 Å². The molecule has 5 rings (SSSR count). The molecule has 2 aliphatic heterocycles. The van der Waals surface area contributed by atoms with E-state index >= 15 is 0 Å². The van der Waals surface area contributed by atoms with E-state index in [-0.39, 0.29) is 10.8 Å². The smallest absolute Gasteiger partial charge is 0.261 e. The Morgan fingerprint density at radius 2 is 1.88 bits per heavy atom. The molecule has 1 aromatic heterocycles. The van der Waals surface area contributed by atoms with E-state index in [1.54, 1.807) is 35.2 Å². The maximum absolute atomic E-state index is 13.1. The summed E-state index contributed by atoms with van der Waals surface area (Å²) in [5, 5.41) is 8.71. The molecule has 0 fully saturated rings. The number of anilines is 2. The number of hydrogen-bond acceptors (Lipinski definition) is 5. The predicted molar refractivity (Wildman–Crippen MR) is 122 cm³/mol. The number of amides is 1. The first kappa shape index (κ1) is 20.7. The number of hydrogen-bond donors (Lipinski definition) is 1. The summed E-state index contributed by atoms with van der Waals surface area (Å²) in [7, 11) is -3.78. The Morgan fingerprint density at radius 3 is 2.72 bits per heavy atom. The molecular weight excluding hydrogens is 426 g/mol. The molecule has 0 aliphatic carbocycles. The third-order valence-corrected chi connectivity index (χ3v) is 7.50. The van der Waals surface area contributed by atoms with E-state index in [0.29, 0.717) is 18.7 Å². The molecule has 1 N–H and O–H groups in total. The van der Waals surface area contributed by atoms with Gasteiger partial charge in [-0.05, 0) is 55.2 Å². The fourth-order valence-corrected chi connectivity index (χ4v) is 5.61. The largest absolute Gasteiger partial charge is 0.312 e. The second-order valence-corrected chi connectivity index (χ2v) is 9.98. The van der Waals surface area contributed by atoms with Gasteiger partial charge >= 0.3 is 0 Å². The summed E-state index contributed by atoms with van der Waals surface area (Å²) >= 11 is 0. The van der Waals surface area contributed by atoms with Gasteiger partial charge in [0.05, 0.1) is 4.90 Å². The molecule has 8 nitrogen and oxygen atoms in total. The minimum absolute atomic E-state index is 0.0410. The van der Waals surface area contributed by atoms with Gasteiger partial charge in [-0.2, -0.15) is 0 Å². The van der Waals surface area contributed by atoms with Crippen LogP contribution < -0.4 is 9.62 Å². The van der Waals surface area contributed by atoms with Crippen LogP contribution in [0.25, 0.3) is 11.4 Å². The van der Waals surface area contributed by atoms with E-state index in [2.05, 4.69) is 19.5 Å². The maximum atomic E-state index is 13.1. The second kappa shape index (κ2) is 8.05. The Kier molecular flexibility index (Phi) is 5.21. The van der Waals surface area contributed by atoms with Crippen LogP contribution in [0.1, 0.15) is 37.6 Å². The third-order valence-electron chi connectivity index (χ3n) is 6.12. The highest BCUT2D eigenvalue weighted by Gasteiger charge is 2.25. The lowest BCUT2D eigenvalue weighted by molar-refractivity contribution is -0.116. The van der Waals surface area contributed by atoms with Crippen molar-refractivity contribution in [1.29, 1.82) is 0 Å². The van der Waals surface area contributed by atoms with Gasteiger partial charge in [0.1, 0.15) is 5.82 Å². The summed E-state index contributed by atoms with van der Waals surface area (Å²) in [4.78, 5) is 13.6. The van der Waals surface area contributed by atoms with Gasteiger partial charge in [0, 0.05) is 43.4 Å². The predicted octanol–water partition coefficient (Wildman–Crippen LogP) is 3.38. The van der Waals surface area contributed by atoms with Crippen molar-refractivity contribution >= 4 is 27.3 Å². The van der Waals surface area contributed by atoms with Crippen molar-refractivity contribution in [3.63, 3.8) is 0 Å². The average molecular weight is 452 g/mol. The van der Waals surface area contributed by atoms with Gasteiger partial charge in [-0.3, -0.25) is 9.52 Å². The number of sulfonamides is 1. The van der Waals surface area contributed by atoms with E-state index in [0.717, 1.165) is 54.3 Å². The quantitative estimate of drug-likeness (QED) is 0.656. The van der Waals surface area contributed by atoms with Crippen LogP contribution >= 0.6 is 0 Å². The van der Waals surface area contributed by atoms with Gasteiger partial charge in [-0.15, -0.1) is 10.2 Å². The molecule has 0 spiro atoms. The minimum atomic E-state index is -3.78. The van der Waals surface area contributed by atoms with Gasteiger partial charge < -0.3 is 9.47 Å². The summed E-state index contributed by atoms with van der Waals surface area (Å²) < 4.78 is 31.0. The zero-order chi connectivity index (χ0) is 22.3. The summed E-state index contributed by atoms with van der Waals surface area (Å²) in [6.07, 6.45) is 4.94. The normalized spacial score (nSPS) is 15.7. The van der Waals surface area contributed by atoms with Crippen LogP contribution in [0.15, 0.2) is 47.4 Å². The molecule has 166 valence electrons. The van der Waals surface area contributed by atoms with E-state index in [9.17, 15) is 13.2 Å². The lowest BCUT2D eigenvalue weighted by Gasteiger charge is -2.15. The molecule has 2 aromatic carbocycles. The molecule has 0 saturated carbocycles. The zero-order valence-corrected chi connectivity index (χ0v) is 18.7. The standard InChI is InChI=1S/C23H25N5O3S/c1-16(29)27-13-11-17-15-20(9-10-21(17)27)32(30,31)26-19-7-5-6-18(14-19)23-25-24-22-8-3-2-4-12-28(22)23/h5-7,9-10,14-15,26H,2-4,8,11-13H2,1H3. The number of benzene rings is 2. The molecule has 9 heteroatoms. The molecule has 3 heterocycles. The van der Waals surface area contributed by atoms with Crippen LogP contribution in [0.4, 0.5) is 11.4 Å². The highest BCUT2D eigenvalue weighted by molar-refractivity contribution is 7.92. The molecule has 0 bridgehead atoms. The lowest BCUT2D eigenvalue weighted by atomic mass is 10.2. The maximum Gasteiger partial charge on any atom is 0.261 e. The van der Waals surface area contributed by atoms with Crippen molar-refractivity contribution in [1.82, 2.24) is 14.8 Å². The SMILES string of the molecule is CC(=O)N1CCc2cc(S(=O)(=O)Nc3cccc(-c4nnc5n4CCCCC5)c3)ccc21. The number of nitrogens with zero attached hydrogens (tertiary/aromatic N) is 4. The monoisotopic (exact) mass is 451 g/mol. The van der Waals surface area contributed by atoms with Gasteiger partial charge in [-0.25, -0.2) is 8.42 Å². The fourth-order valence-electron chi connectivity index (χ4n) is 4.51. The Morgan fingerprint density at radius 1 is 1.00 bits per heavy atom. The highest BCUT2D eigenvalue weighted by Crippen LogP contribution is 2.31. The minimum Gasteiger partial charge on any atom is -0.312 e. The third kappa shape index (κ3) is 3.77. The van der Waals surface area contributed by atoms with Crippen molar-refractivity contribution in [2.45, 2.75) is 50.5 Å². The molecule has 3 aromatic rings. The van der Waals surface area contributed by atoms with Gasteiger partial charge in [0.2, 0.25) is 5.91 Å². The van der Waals surface area contributed by atoms with E-state index in [1.165, 1.54) is 13.3 Å². The molecule has 32 heavy (non-hydrogen) atoms. The Balaban J connectivity index is 1.42. The number of carbonyl (C=O) groups is 1. The van der Waals surface area contributed by atoms with Gasteiger partial charge in [-0.1, -0.05) is 18.6 Å². The second-order valence-electron chi connectivity index (χ2n) is 8.30. The van der Waals surface area contributed by atoms with Crippen LogP contribution in [0.3, 0.4) is 0 Å². The summed E-state index contributed by atoms with van der Waals surface area (Å²) in [6, 6.07) is 12.2. The summed E-state index contributed by atoms with van der Waals surface area (Å²) in [5.74, 6) is 1.71. The Labute approximate surface area is 187 Å². The van der Waals surface area contributed by atoms with Crippen molar-refractivity contribution < 1.29 is 13.2 Å². The van der Waals surface area contributed by atoms with E-state index < -0.39 is 10.0 Å². The molecule has 1 amide bonds. The number of aromatic nitrogens is 3. The first-order valence-electron chi connectivity index (χ1n) is 10.9. The van der Waals surface area contributed by atoms with Crippen molar-refractivity contribution in [2.24, 2.45) is 0 Å². The Hall–Kier alpha value is -3.20. The topological polar surface area (TPSA) is 97.2 Å². The van der Waals surface area contributed by atoms with E-state index in [1.807, 2.05) is 12.1 Å². The molecular formula is C23H25N5O3S. The number of carbonyl (C=O) groups excluding carboxylic acids is 1. The summed E-state index contributed by atoms with van der Waals surface area (Å²) in [6.45, 7) is 2.97. The molecule has 0 atom stereocenters. The molecule has 0 radical (unpaired) electrons. The van der Waals surface area contributed by atoms with Crippen molar-refractivity contribution in [3.05, 3.63) is 53.9 Å². The van der Waals surface area contributed by atoms with Crippen LogP contribution in [0, 0.1) is 0 Å². The molecule has 0 unspecified atom stereocenters. The highest BCUT2D eigenvalue weighted by atomic mass is 32.2. The van der Waals surface area contributed by atoms with Crippen LogP contribution in [0.5, 0.6) is 0 Å². The van der Waals surface area contributed by atoms with E-state index in [4.69, 9.17) is 0 Å². The lowest BCUT2D eigenvalue weighted by Crippen LogP contribution is -2.25. The molecule has 2 aliphatic rings. The zero-order valence-electron chi connectivity index (χ0n) is 17.9. The first-order valence-corrected chi connectivity index (χ1v) is 12.4. The number of rotatable bonds is 4. The fraction of sp³-hybridized carbons (Fsp3) is 0.348. The number of nitrogens with one attached hydrogen (secondary N) is 1. The number of fused-ring (bicyclic) bond motifs is 2. The first-order chi connectivity index (χ1) is 15.4. The van der Waals surface area contributed by atoms with Gasteiger partial charge in [0.15, 0.2) is 5.82 Å². The Bertz CT molecular complexity index is 1300. The van der Waals surface area contributed by atoms with Crippen LogP contribution in [-0.2, 0) is 34.2 Å². The average Bonchev–Trinajstić information content (AvgIpc) is 3.30. The van der Waals surface area contributed by atoms with Gasteiger partial charge in [0.25, 0.3) is 10.0 Å². The van der Waals surface area contributed by atoms with Crippen molar-refractivity contribution in [3.8, 4) is 11.4 Å². The molecule has 0 saturated heterocycles. The number of aryl methyl sites for hydroxylation is 1. The van der Waals surface area contributed by atoms with Crippen LogP contribution in [0.2, 0.25) is 0 Å².